The average molecular weight is 335 g/mol. The van der Waals surface area contributed by atoms with Gasteiger partial charge in [-0.15, -0.1) is 0 Å². The highest BCUT2D eigenvalue weighted by Crippen LogP contribution is 2.35. The fraction of sp³-hybridized carbons (Fsp3) is 0.278. The van der Waals surface area contributed by atoms with Crippen molar-refractivity contribution in [2.75, 3.05) is 11.1 Å². The largest absolute Gasteiger partial charge is 0.368 e. The number of benzene rings is 1. The summed E-state index contributed by atoms with van der Waals surface area (Å²) in [5.74, 6) is 1.40. The molecular formula is C18H21N7. The van der Waals surface area contributed by atoms with Crippen molar-refractivity contribution in [1.29, 1.82) is 0 Å². The van der Waals surface area contributed by atoms with Crippen LogP contribution in [0.3, 0.4) is 0 Å². The molecule has 1 fully saturated rings. The fourth-order valence-corrected chi connectivity index (χ4v) is 3.17. The van der Waals surface area contributed by atoms with Crippen molar-refractivity contribution >= 4 is 11.8 Å². The van der Waals surface area contributed by atoms with E-state index in [1.165, 1.54) is 0 Å². The Balaban J connectivity index is 1.50. The van der Waals surface area contributed by atoms with Crippen molar-refractivity contribution < 1.29 is 0 Å². The Hall–Kier alpha value is -2.93. The molecular weight excluding hydrogens is 314 g/mol. The van der Waals surface area contributed by atoms with Crippen LogP contribution in [-0.2, 0) is 6.54 Å². The van der Waals surface area contributed by atoms with E-state index in [9.17, 15) is 0 Å². The van der Waals surface area contributed by atoms with Gasteiger partial charge in [-0.05, 0) is 18.4 Å². The fourth-order valence-electron chi connectivity index (χ4n) is 3.17. The molecule has 0 bridgehead atoms. The van der Waals surface area contributed by atoms with Gasteiger partial charge < -0.3 is 16.8 Å². The molecule has 0 saturated heterocycles. The highest BCUT2D eigenvalue weighted by Gasteiger charge is 2.29. The van der Waals surface area contributed by atoms with Crippen LogP contribution in [0.1, 0.15) is 30.0 Å². The molecule has 0 aliphatic heterocycles. The summed E-state index contributed by atoms with van der Waals surface area (Å²) in [6, 6.07) is 12.4. The van der Waals surface area contributed by atoms with Gasteiger partial charge in [0.2, 0.25) is 5.95 Å². The Kier molecular flexibility index (Phi) is 4.07. The molecule has 0 unspecified atom stereocenters. The summed E-state index contributed by atoms with van der Waals surface area (Å²) in [5, 5.41) is 10.6. The van der Waals surface area contributed by atoms with Crippen LogP contribution in [0.25, 0.3) is 11.3 Å². The third-order valence-corrected chi connectivity index (χ3v) is 4.60. The molecule has 7 nitrogen and oxygen atoms in total. The molecule has 128 valence electrons. The summed E-state index contributed by atoms with van der Waals surface area (Å²) in [6.45, 7) is 0.598. The first kappa shape index (κ1) is 15.6. The number of hydrogen-bond acceptors (Lipinski definition) is 6. The van der Waals surface area contributed by atoms with Gasteiger partial charge in [0, 0.05) is 30.1 Å². The number of nitrogens with two attached hydrogens (primary N) is 2. The number of H-pyrrole nitrogens is 1. The van der Waals surface area contributed by atoms with Crippen molar-refractivity contribution in [3.8, 4) is 11.3 Å². The summed E-state index contributed by atoms with van der Waals surface area (Å²) in [5.41, 5.74) is 15.9. The molecule has 0 spiro atoms. The number of aromatic amines is 1. The molecule has 6 N–H and O–H groups in total. The van der Waals surface area contributed by atoms with E-state index >= 15 is 0 Å². The van der Waals surface area contributed by atoms with Crippen LogP contribution < -0.4 is 16.8 Å². The molecule has 7 heteroatoms. The van der Waals surface area contributed by atoms with Crippen LogP contribution in [0, 0.1) is 0 Å². The van der Waals surface area contributed by atoms with Gasteiger partial charge in [0.25, 0.3) is 0 Å². The second kappa shape index (κ2) is 6.52. The zero-order valence-corrected chi connectivity index (χ0v) is 13.8. The Morgan fingerprint density at radius 1 is 1.16 bits per heavy atom. The zero-order chi connectivity index (χ0) is 17.2. The average Bonchev–Trinajstić information content (AvgIpc) is 3.06. The van der Waals surface area contributed by atoms with Crippen LogP contribution in [0.4, 0.5) is 11.8 Å². The van der Waals surface area contributed by atoms with Gasteiger partial charge >= 0.3 is 0 Å². The molecule has 25 heavy (non-hydrogen) atoms. The predicted molar refractivity (Wildman–Crippen MR) is 97.7 cm³/mol. The van der Waals surface area contributed by atoms with E-state index in [2.05, 4.69) is 37.6 Å². The quantitative estimate of drug-likeness (QED) is 0.568. The van der Waals surface area contributed by atoms with E-state index in [1.807, 2.05) is 30.5 Å². The summed E-state index contributed by atoms with van der Waals surface area (Å²) >= 11 is 0. The van der Waals surface area contributed by atoms with Crippen LogP contribution in [0.5, 0.6) is 0 Å². The van der Waals surface area contributed by atoms with Crippen molar-refractivity contribution in [2.24, 2.45) is 5.73 Å². The molecule has 3 aromatic rings. The molecule has 1 aliphatic rings. The van der Waals surface area contributed by atoms with E-state index in [0.29, 0.717) is 12.5 Å². The summed E-state index contributed by atoms with van der Waals surface area (Å²) < 4.78 is 0. The molecule has 0 atom stereocenters. The third kappa shape index (κ3) is 3.32. The summed E-state index contributed by atoms with van der Waals surface area (Å²) in [7, 11) is 0. The Bertz CT molecular complexity index is 853. The van der Waals surface area contributed by atoms with E-state index in [4.69, 9.17) is 11.5 Å². The number of nitrogens with zero attached hydrogens (tertiary/aromatic N) is 3. The minimum atomic E-state index is 0.275. The summed E-state index contributed by atoms with van der Waals surface area (Å²) in [4.78, 5) is 8.64. The number of anilines is 2. The number of nitrogens with one attached hydrogen (secondary N) is 2. The number of aromatic nitrogens is 4. The van der Waals surface area contributed by atoms with E-state index in [1.54, 1.807) is 0 Å². The van der Waals surface area contributed by atoms with E-state index in [-0.39, 0.29) is 12.0 Å². The Morgan fingerprint density at radius 2 is 1.96 bits per heavy atom. The normalized spacial score (nSPS) is 19.4. The van der Waals surface area contributed by atoms with E-state index < -0.39 is 0 Å². The third-order valence-electron chi connectivity index (χ3n) is 4.60. The molecule has 4 rings (SSSR count). The van der Waals surface area contributed by atoms with Gasteiger partial charge in [-0.1, -0.05) is 30.3 Å². The molecule has 2 heterocycles. The minimum absolute atomic E-state index is 0.275. The number of rotatable bonds is 5. The molecule has 0 radical (unpaired) electrons. The number of hydrogen-bond donors (Lipinski definition) is 4. The second-order valence-corrected chi connectivity index (χ2v) is 6.45. The molecule has 1 saturated carbocycles. The van der Waals surface area contributed by atoms with Crippen molar-refractivity contribution in [3.05, 3.63) is 53.9 Å². The van der Waals surface area contributed by atoms with Gasteiger partial charge in [0.15, 0.2) is 0 Å². The lowest BCUT2D eigenvalue weighted by molar-refractivity contribution is 0.345. The van der Waals surface area contributed by atoms with Gasteiger partial charge in [-0.3, -0.25) is 5.10 Å². The Labute approximate surface area is 145 Å². The molecule has 0 amide bonds. The first-order valence-electron chi connectivity index (χ1n) is 8.40. The van der Waals surface area contributed by atoms with Crippen molar-refractivity contribution in [3.63, 3.8) is 0 Å². The maximum absolute atomic E-state index is 5.88. The van der Waals surface area contributed by atoms with Gasteiger partial charge in [-0.2, -0.15) is 10.1 Å². The van der Waals surface area contributed by atoms with Gasteiger partial charge in [-0.25, -0.2) is 4.98 Å². The molecule has 1 aromatic carbocycles. The standard InChI is InChI=1S/C18H21N7/c19-14-6-12(7-14)15-8-16(24-18(20)23-15)21-9-13-10-22-25-17(13)11-4-2-1-3-5-11/h1-5,8,10,12,14H,6-7,9,19H2,(H,22,25)(H3,20,21,23,24). The predicted octanol–water partition coefficient (Wildman–Crippen LogP) is 2.27. The monoisotopic (exact) mass is 335 g/mol. The maximum atomic E-state index is 5.88. The molecule has 1 aliphatic carbocycles. The topological polar surface area (TPSA) is 119 Å². The lowest BCUT2D eigenvalue weighted by Crippen LogP contribution is -2.35. The lowest BCUT2D eigenvalue weighted by atomic mass is 9.78. The van der Waals surface area contributed by atoms with Crippen LogP contribution >= 0.6 is 0 Å². The molecule has 2 aromatic heterocycles. The van der Waals surface area contributed by atoms with Crippen LogP contribution in [0.15, 0.2) is 42.6 Å². The highest BCUT2D eigenvalue weighted by molar-refractivity contribution is 5.62. The van der Waals surface area contributed by atoms with Gasteiger partial charge in [0.1, 0.15) is 5.82 Å². The Morgan fingerprint density at radius 3 is 2.72 bits per heavy atom. The van der Waals surface area contributed by atoms with Crippen LogP contribution in [-0.4, -0.2) is 26.2 Å². The van der Waals surface area contributed by atoms with Crippen molar-refractivity contribution in [2.45, 2.75) is 31.3 Å². The lowest BCUT2D eigenvalue weighted by Gasteiger charge is -2.32. The van der Waals surface area contributed by atoms with Crippen LogP contribution in [0.2, 0.25) is 0 Å². The first-order valence-corrected chi connectivity index (χ1v) is 8.40. The minimum Gasteiger partial charge on any atom is -0.368 e. The summed E-state index contributed by atoms with van der Waals surface area (Å²) in [6.07, 6.45) is 3.73. The maximum Gasteiger partial charge on any atom is 0.222 e. The second-order valence-electron chi connectivity index (χ2n) is 6.45. The van der Waals surface area contributed by atoms with E-state index in [0.717, 1.165) is 41.2 Å². The zero-order valence-electron chi connectivity index (χ0n) is 13.8. The highest BCUT2D eigenvalue weighted by atomic mass is 15.1. The number of nitrogen functional groups attached to an aromatic ring is 1. The van der Waals surface area contributed by atoms with Gasteiger partial charge in [0.05, 0.1) is 17.6 Å². The smallest absolute Gasteiger partial charge is 0.222 e. The first-order chi connectivity index (χ1) is 12.2. The SMILES string of the molecule is Nc1nc(NCc2cn[nH]c2-c2ccccc2)cc(C2CC(N)C2)n1. The van der Waals surface area contributed by atoms with Crippen molar-refractivity contribution in [1.82, 2.24) is 20.2 Å².